The molecule has 0 saturated carbocycles. The van der Waals surface area contributed by atoms with Gasteiger partial charge in [0.05, 0.1) is 19.6 Å². The van der Waals surface area contributed by atoms with Crippen LogP contribution in [0.1, 0.15) is 261 Å². The lowest BCUT2D eigenvalue weighted by atomic mass is 9.93. The smallest absolute Gasteiger partial charge is 0.248 e. The molecule has 116 heavy (non-hydrogen) atoms. The molecule has 34 nitrogen and oxygen atoms in total. The van der Waals surface area contributed by atoms with Crippen LogP contribution in [0.5, 0.6) is 0 Å². The second-order valence-corrected chi connectivity index (χ2v) is 37.4. The maximum atomic E-state index is 14.5. The van der Waals surface area contributed by atoms with Crippen molar-refractivity contribution in [1.82, 2.24) is 88.7 Å². The van der Waals surface area contributed by atoms with Crippen molar-refractivity contribution in [3.63, 3.8) is 0 Å². The lowest BCUT2D eigenvalue weighted by Gasteiger charge is -2.42. The number of hydrogen-bond donors (Lipinski definition) is 14. The van der Waals surface area contributed by atoms with Crippen molar-refractivity contribution < 1.29 is 81.6 Å². The Kier molecular flexibility index (Phi) is 35.2. The quantitative estimate of drug-likeness (QED) is 0.0394. The summed E-state index contributed by atoms with van der Waals surface area (Å²) in [5.74, 6) is -9.71. The van der Waals surface area contributed by atoms with Gasteiger partial charge in [0.25, 0.3) is 0 Å². The van der Waals surface area contributed by atoms with Gasteiger partial charge in [0.2, 0.25) is 94.5 Å². The van der Waals surface area contributed by atoms with Crippen LogP contribution in [0.4, 0.5) is 0 Å². The first-order valence-corrected chi connectivity index (χ1v) is 42.2. The highest BCUT2D eigenvalue weighted by molar-refractivity contribution is 6.03. The predicted molar refractivity (Wildman–Crippen MR) is 436 cm³/mol. The summed E-state index contributed by atoms with van der Waals surface area (Å²) >= 11 is 0. The molecule has 656 valence electrons. The second kappa shape index (κ2) is 41.7. The Bertz CT molecular complexity index is 3560. The van der Waals surface area contributed by atoms with E-state index in [1.165, 1.54) is 104 Å². The van der Waals surface area contributed by atoms with Crippen LogP contribution < -0.4 is 74.0 Å². The maximum absolute atomic E-state index is 14.5. The van der Waals surface area contributed by atoms with Gasteiger partial charge in [-0.1, -0.05) is 48.5 Å². The van der Waals surface area contributed by atoms with Gasteiger partial charge >= 0.3 is 0 Å². The van der Waals surface area contributed by atoms with Crippen molar-refractivity contribution in [2.75, 3.05) is 58.9 Å². The van der Waals surface area contributed by atoms with Crippen LogP contribution in [0.2, 0.25) is 0 Å². The first-order valence-electron chi connectivity index (χ1n) is 42.2. The molecule has 5 rings (SSSR count). The van der Waals surface area contributed by atoms with Gasteiger partial charge in [-0.2, -0.15) is 0 Å². The molecule has 34 heteroatoms. The van der Waals surface area contributed by atoms with Crippen LogP contribution in [0.25, 0.3) is 0 Å². The zero-order valence-electron chi connectivity index (χ0n) is 73.6. The zero-order chi connectivity index (χ0) is 87.6. The van der Waals surface area contributed by atoms with Gasteiger partial charge < -0.3 is 88.7 Å². The third-order valence-corrected chi connectivity index (χ3v) is 22.8. The Morgan fingerprint density at radius 1 is 0.397 bits per heavy atom. The molecule has 0 aromatic rings. The normalized spacial score (nSPS) is 20.7. The second-order valence-electron chi connectivity index (χ2n) is 37.4. The van der Waals surface area contributed by atoms with Crippen LogP contribution in [-0.4, -0.2) is 260 Å². The highest BCUT2D eigenvalue weighted by Gasteiger charge is 2.49. The SMILES string of the molecule is CCC(C)(NC(=O)C(CC(C)C)NC(=O)C(C)NC(=O)C(C)(C)NC(=O)C1CCCCN1C(=O)C(C)(C)NC(=O)C(C)(C)NC(=O)CNC(=O)CCNC(=O)C(CC(C)C)NC(=O)C(C)(C)NC(=O)C(C)(C)NC(=O)C1CCCCN1C(=O)C(C)(C)NC(=O)C1CCCCN1C(C)=O)C(=O)NC(CC(C)C)CN1CCC[NH+]2CCCC12. The molecule has 5 heterocycles. The summed E-state index contributed by atoms with van der Waals surface area (Å²) in [6.45, 7) is 39.3. The minimum absolute atomic E-state index is 0.0648. The molecule has 0 spiro atoms. The molecule has 10 atom stereocenters. The molecule has 0 aliphatic carbocycles. The molecular weight excluding hydrogens is 1490 g/mol. The summed E-state index contributed by atoms with van der Waals surface area (Å²) in [6, 6.07) is -6.38. The summed E-state index contributed by atoms with van der Waals surface area (Å²) < 4.78 is 0. The summed E-state index contributed by atoms with van der Waals surface area (Å²) in [6.07, 6.45) is 9.64. The Morgan fingerprint density at radius 3 is 1.33 bits per heavy atom. The number of carbonyl (C=O) groups is 16. The van der Waals surface area contributed by atoms with Crippen LogP contribution in [0, 0.1) is 17.8 Å². The number of carbonyl (C=O) groups excluding carboxylic acids is 16. The van der Waals surface area contributed by atoms with Gasteiger partial charge in [-0.25, -0.2) is 0 Å². The van der Waals surface area contributed by atoms with Crippen molar-refractivity contribution in [3.8, 4) is 0 Å². The third-order valence-electron chi connectivity index (χ3n) is 22.8. The molecule has 5 saturated heterocycles. The molecular formula is C82H143N18O16+. The van der Waals surface area contributed by atoms with Crippen molar-refractivity contribution in [2.45, 2.75) is 349 Å². The number of likely N-dealkylation sites (tertiary alicyclic amines) is 3. The summed E-state index contributed by atoms with van der Waals surface area (Å²) in [5.41, 5.74) is -11.1. The molecule has 0 radical (unpaired) electrons. The lowest BCUT2D eigenvalue weighted by Crippen LogP contribution is -3.16. The van der Waals surface area contributed by atoms with E-state index in [2.05, 4.69) is 87.9 Å². The monoisotopic (exact) mass is 1640 g/mol. The van der Waals surface area contributed by atoms with Crippen molar-refractivity contribution >= 4 is 94.5 Å². The highest BCUT2D eigenvalue weighted by atomic mass is 16.2. The summed E-state index contributed by atoms with van der Waals surface area (Å²) in [7, 11) is 0. The Hall–Kier alpha value is -8.56. The van der Waals surface area contributed by atoms with Crippen molar-refractivity contribution in [1.29, 1.82) is 0 Å². The van der Waals surface area contributed by atoms with Gasteiger partial charge in [-0.3, -0.25) is 81.6 Å². The van der Waals surface area contributed by atoms with Crippen LogP contribution in [0.3, 0.4) is 0 Å². The van der Waals surface area contributed by atoms with E-state index < -0.39 is 164 Å². The summed E-state index contributed by atoms with van der Waals surface area (Å²) in [4.78, 5) is 230. The zero-order valence-corrected chi connectivity index (χ0v) is 73.6. The average Bonchev–Trinajstić information content (AvgIpc) is 0.910. The topological polar surface area (TPSA) is 447 Å². The number of nitrogens with one attached hydrogen (secondary N) is 14. The minimum atomic E-state index is -1.67. The number of hydrogen-bond acceptors (Lipinski definition) is 17. The molecule has 0 aromatic heterocycles. The fourth-order valence-electron chi connectivity index (χ4n) is 15.7. The lowest BCUT2D eigenvalue weighted by molar-refractivity contribution is -0.930. The van der Waals surface area contributed by atoms with Crippen molar-refractivity contribution in [2.24, 2.45) is 17.8 Å². The van der Waals surface area contributed by atoms with E-state index in [1.807, 2.05) is 34.6 Å². The van der Waals surface area contributed by atoms with Crippen LogP contribution in [0.15, 0.2) is 0 Å². The Labute approximate surface area is 687 Å². The molecule has 0 aromatic carbocycles. The molecule has 5 aliphatic heterocycles. The number of piperidine rings is 3. The molecule has 5 aliphatic rings. The van der Waals surface area contributed by atoms with Gasteiger partial charge in [0.1, 0.15) is 81.2 Å². The first kappa shape index (κ1) is 98.0. The standard InChI is InChI=1S/C82H142N18O16/c1-23-82(22,73(114)86-54(44-49(2)3)48-97-40-31-39-96-38-30-35-62(96)97)93-65(106)56(46-51(6)7)87-63(104)52(8)85-69(110)76(10,11)90-67(108)58-33-26-29-43-100(58)75(116)81(20,21)95-71(112)78(14,15)89-61(103)47-84-60(102)36-37-83-64(105)55(45-50(4)5)88-70(111)77(12,13)94-72(113)79(16,17)91-68(109)59-34-25-28-42-99(59)74(115)80(18,19)92-66(107)57-32-24-27-41-98(57)53(9)101/h49-52,54-59,62H,23-48H2,1-22H3,(H,83,105)(H,84,102)(H,85,110)(H,86,114)(H,87,104)(H,88,111)(H,89,103)(H,90,108)(H,91,109)(H,92,107)(H,93,106)(H,94,113)(H,95,112)/p+1. The highest BCUT2D eigenvalue weighted by Crippen LogP contribution is 2.27. The predicted octanol–water partition coefficient (Wildman–Crippen LogP) is 0.234. The number of rotatable bonds is 38. The third kappa shape index (κ3) is 27.8. The molecule has 14 N–H and O–H groups in total. The van der Waals surface area contributed by atoms with E-state index in [1.54, 1.807) is 25.7 Å². The minimum Gasteiger partial charge on any atom is -0.354 e. The first-order chi connectivity index (χ1) is 53.7. The number of fused-ring (bicyclic) bond motifs is 1. The van der Waals surface area contributed by atoms with Gasteiger partial charge in [0, 0.05) is 77.9 Å². The van der Waals surface area contributed by atoms with Gasteiger partial charge in [-0.15, -0.1) is 0 Å². The Morgan fingerprint density at radius 2 is 0.828 bits per heavy atom. The maximum Gasteiger partial charge on any atom is 0.248 e. The molecule has 5 fully saturated rings. The number of quaternary nitrogens is 1. The van der Waals surface area contributed by atoms with E-state index >= 15 is 0 Å². The molecule has 16 amide bonds. The average molecular weight is 1640 g/mol. The fourth-order valence-corrected chi connectivity index (χ4v) is 15.7. The van der Waals surface area contributed by atoms with Crippen LogP contribution >= 0.6 is 0 Å². The van der Waals surface area contributed by atoms with E-state index in [0.717, 1.165) is 51.7 Å². The number of nitrogens with zero attached hydrogens (tertiary/aromatic N) is 4. The largest absolute Gasteiger partial charge is 0.354 e. The van der Waals surface area contributed by atoms with Crippen LogP contribution in [-0.2, 0) is 76.7 Å². The molecule has 0 bridgehead atoms. The van der Waals surface area contributed by atoms with Gasteiger partial charge in [-0.05, 0) is 198 Å². The van der Waals surface area contributed by atoms with Gasteiger partial charge in [0.15, 0.2) is 0 Å². The molecule has 10 unspecified atom stereocenters. The van der Waals surface area contributed by atoms with E-state index in [-0.39, 0.29) is 87.9 Å². The Balaban J connectivity index is 1.08. The van der Waals surface area contributed by atoms with E-state index in [4.69, 9.17) is 0 Å². The van der Waals surface area contributed by atoms with E-state index in [0.29, 0.717) is 57.3 Å². The van der Waals surface area contributed by atoms with E-state index in [9.17, 15) is 76.7 Å². The number of amides is 16. The fraction of sp³-hybridized carbons (Fsp3) is 0.805. The van der Waals surface area contributed by atoms with Crippen molar-refractivity contribution in [3.05, 3.63) is 0 Å². The summed E-state index contributed by atoms with van der Waals surface area (Å²) in [5, 5.41) is 35.8.